The highest BCUT2D eigenvalue weighted by molar-refractivity contribution is 6.22. The Hall–Kier alpha value is -1.06. The topological polar surface area (TPSA) is 63.3 Å². The van der Waals surface area contributed by atoms with Crippen LogP contribution in [0.25, 0.3) is 0 Å². The van der Waals surface area contributed by atoms with Crippen molar-refractivity contribution in [3.63, 3.8) is 0 Å². The summed E-state index contributed by atoms with van der Waals surface area (Å²) < 4.78 is 0. The summed E-state index contributed by atoms with van der Waals surface area (Å²) in [7, 11) is 0. The first-order valence-electron chi connectivity index (χ1n) is 3.80. The largest absolute Gasteiger partial charge is 0.480 e. The van der Waals surface area contributed by atoms with E-state index in [0.717, 1.165) is 5.56 Å². The number of hydrogen-bond donors (Lipinski definition) is 2. The van der Waals surface area contributed by atoms with Gasteiger partial charge in [0, 0.05) is 0 Å². The van der Waals surface area contributed by atoms with Crippen LogP contribution in [-0.2, 0) is 4.79 Å². The maximum Gasteiger partial charge on any atom is 0.322 e. The predicted octanol–water partition coefficient (Wildman–Crippen LogP) is 1.38. The van der Waals surface area contributed by atoms with Crippen molar-refractivity contribution in [1.82, 2.24) is 0 Å². The molecule has 13 heavy (non-hydrogen) atoms. The first kappa shape index (κ1) is 10.0. The molecule has 0 saturated heterocycles. The van der Waals surface area contributed by atoms with Crippen LogP contribution in [0.15, 0.2) is 30.3 Å². The zero-order chi connectivity index (χ0) is 9.84. The molecule has 1 aromatic rings. The molecule has 0 amide bonds. The molecule has 1 rings (SSSR count). The first-order valence-corrected chi connectivity index (χ1v) is 4.24. The van der Waals surface area contributed by atoms with E-state index in [-0.39, 0.29) is 0 Å². The molecule has 4 heteroatoms. The van der Waals surface area contributed by atoms with Crippen molar-refractivity contribution in [2.75, 3.05) is 0 Å². The van der Waals surface area contributed by atoms with Gasteiger partial charge < -0.3 is 10.8 Å². The van der Waals surface area contributed by atoms with Gasteiger partial charge in [-0.2, -0.15) is 0 Å². The predicted molar refractivity (Wildman–Crippen MR) is 50.6 cm³/mol. The second kappa shape index (κ2) is 4.25. The summed E-state index contributed by atoms with van der Waals surface area (Å²) in [6, 6.07) is 7.85. The van der Waals surface area contributed by atoms with Gasteiger partial charge in [-0.25, -0.2) is 0 Å². The Kier molecular flexibility index (Phi) is 3.28. The lowest BCUT2D eigenvalue weighted by Gasteiger charge is -2.13. The van der Waals surface area contributed by atoms with Crippen molar-refractivity contribution >= 4 is 17.6 Å². The zero-order valence-electron chi connectivity index (χ0n) is 6.85. The molecule has 0 aromatic heterocycles. The van der Waals surface area contributed by atoms with E-state index in [1.54, 1.807) is 24.3 Å². The molecule has 0 aliphatic heterocycles. The number of carboxylic acid groups (broad SMARTS) is 1. The minimum Gasteiger partial charge on any atom is -0.480 e. The molecule has 0 saturated carbocycles. The van der Waals surface area contributed by atoms with E-state index in [4.69, 9.17) is 22.4 Å². The van der Waals surface area contributed by atoms with Crippen LogP contribution in [0.2, 0.25) is 0 Å². The fourth-order valence-electron chi connectivity index (χ4n) is 0.969. The number of hydrogen-bond acceptors (Lipinski definition) is 2. The summed E-state index contributed by atoms with van der Waals surface area (Å²) in [5, 5.41) is 7.92. The molecular weight excluding hydrogens is 190 g/mol. The van der Waals surface area contributed by atoms with Gasteiger partial charge in [-0.3, -0.25) is 4.79 Å². The molecule has 3 nitrogen and oxygen atoms in total. The molecule has 1 aromatic carbocycles. The molecule has 0 heterocycles. The maximum absolute atomic E-state index is 10.5. The highest BCUT2D eigenvalue weighted by Gasteiger charge is 2.22. The van der Waals surface area contributed by atoms with E-state index < -0.39 is 17.4 Å². The van der Waals surface area contributed by atoms with Gasteiger partial charge >= 0.3 is 5.97 Å². The average molecular weight is 200 g/mol. The second-order valence-electron chi connectivity index (χ2n) is 2.68. The van der Waals surface area contributed by atoms with Crippen molar-refractivity contribution in [3.8, 4) is 0 Å². The quantitative estimate of drug-likeness (QED) is 0.723. The number of alkyl halides is 1. The first-order chi connectivity index (χ1) is 6.13. The van der Waals surface area contributed by atoms with Crippen LogP contribution >= 0.6 is 11.6 Å². The smallest absolute Gasteiger partial charge is 0.322 e. The Bertz CT molecular complexity index is 289. The Morgan fingerprint density at radius 3 is 2.38 bits per heavy atom. The van der Waals surface area contributed by atoms with Crippen LogP contribution in [0.5, 0.6) is 0 Å². The fourth-order valence-corrected chi connectivity index (χ4v) is 1.22. The van der Waals surface area contributed by atoms with Crippen molar-refractivity contribution in [1.29, 1.82) is 0 Å². The van der Waals surface area contributed by atoms with Gasteiger partial charge in [0.25, 0.3) is 0 Å². The van der Waals surface area contributed by atoms with Gasteiger partial charge in [0.1, 0.15) is 6.04 Å². The lowest BCUT2D eigenvalue weighted by Crippen LogP contribution is -2.34. The van der Waals surface area contributed by atoms with Gasteiger partial charge in [-0.15, -0.1) is 11.6 Å². The van der Waals surface area contributed by atoms with E-state index in [0.29, 0.717) is 0 Å². The molecule has 70 valence electrons. The lowest BCUT2D eigenvalue weighted by atomic mass is 10.1. The number of rotatable bonds is 3. The van der Waals surface area contributed by atoms with E-state index in [1.807, 2.05) is 6.07 Å². The minimum absolute atomic E-state index is 0.682. The molecular formula is C9H10ClNO2. The van der Waals surface area contributed by atoms with Crippen molar-refractivity contribution in [2.45, 2.75) is 11.4 Å². The summed E-state index contributed by atoms with van der Waals surface area (Å²) in [6.45, 7) is 0. The minimum atomic E-state index is -1.09. The fraction of sp³-hybridized carbons (Fsp3) is 0.222. The molecule has 0 spiro atoms. The Morgan fingerprint density at radius 1 is 1.38 bits per heavy atom. The highest BCUT2D eigenvalue weighted by Crippen LogP contribution is 2.22. The third-order valence-corrected chi connectivity index (χ3v) is 2.24. The monoisotopic (exact) mass is 199 g/mol. The standard InChI is InChI=1S/C9H10ClNO2/c10-7(8(11)9(12)13)6-4-2-1-3-5-6/h1-5,7-8H,11H2,(H,12,13)/t7-,8-/m1/s1. The molecule has 0 bridgehead atoms. The van der Waals surface area contributed by atoms with Crippen LogP contribution in [0.4, 0.5) is 0 Å². The Balaban J connectivity index is 2.79. The lowest BCUT2D eigenvalue weighted by molar-refractivity contribution is -0.138. The van der Waals surface area contributed by atoms with Gasteiger partial charge in [-0.05, 0) is 5.56 Å². The summed E-state index contributed by atoms with van der Waals surface area (Å²) in [4.78, 5) is 10.5. The normalized spacial score (nSPS) is 14.9. The SMILES string of the molecule is N[C@@H](C(=O)O)[C@H](Cl)c1ccccc1. The van der Waals surface area contributed by atoms with Crippen LogP contribution in [0.1, 0.15) is 10.9 Å². The van der Waals surface area contributed by atoms with E-state index in [9.17, 15) is 4.79 Å². The van der Waals surface area contributed by atoms with Crippen molar-refractivity contribution in [3.05, 3.63) is 35.9 Å². The molecule has 2 atom stereocenters. The molecule has 3 N–H and O–H groups in total. The number of carbonyl (C=O) groups is 1. The Labute approximate surface area is 81.1 Å². The molecule has 0 radical (unpaired) electrons. The summed E-state index contributed by atoms with van der Waals surface area (Å²) in [6.07, 6.45) is 0. The average Bonchev–Trinajstić information content (AvgIpc) is 2.17. The maximum atomic E-state index is 10.5. The van der Waals surface area contributed by atoms with Crippen LogP contribution in [-0.4, -0.2) is 17.1 Å². The second-order valence-corrected chi connectivity index (χ2v) is 3.15. The number of nitrogens with two attached hydrogens (primary N) is 1. The number of halogens is 1. The molecule has 0 aliphatic rings. The number of carboxylic acids is 1. The molecule has 0 aliphatic carbocycles. The summed E-state index contributed by atoms with van der Waals surface area (Å²) in [5.41, 5.74) is 6.08. The Morgan fingerprint density at radius 2 is 1.92 bits per heavy atom. The summed E-state index contributed by atoms with van der Waals surface area (Å²) >= 11 is 5.85. The van der Waals surface area contributed by atoms with Crippen molar-refractivity contribution in [2.24, 2.45) is 5.73 Å². The number of benzene rings is 1. The third kappa shape index (κ3) is 2.44. The van der Waals surface area contributed by atoms with E-state index in [2.05, 4.69) is 0 Å². The molecule has 0 unspecified atom stereocenters. The van der Waals surface area contributed by atoms with E-state index >= 15 is 0 Å². The third-order valence-electron chi connectivity index (χ3n) is 1.72. The highest BCUT2D eigenvalue weighted by atomic mass is 35.5. The van der Waals surface area contributed by atoms with Crippen molar-refractivity contribution < 1.29 is 9.90 Å². The van der Waals surface area contributed by atoms with Gasteiger partial charge in [-0.1, -0.05) is 30.3 Å². The zero-order valence-corrected chi connectivity index (χ0v) is 7.61. The van der Waals surface area contributed by atoms with E-state index in [1.165, 1.54) is 0 Å². The van der Waals surface area contributed by atoms with Gasteiger partial charge in [0.05, 0.1) is 5.38 Å². The summed E-state index contributed by atoms with van der Waals surface area (Å²) in [5.74, 6) is -1.09. The van der Waals surface area contributed by atoms with Crippen LogP contribution < -0.4 is 5.73 Å². The van der Waals surface area contributed by atoms with Crippen LogP contribution in [0, 0.1) is 0 Å². The van der Waals surface area contributed by atoms with Crippen LogP contribution in [0.3, 0.4) is 0 Å². The molecule has 0 fully saturated rings. The van der Waals surface area contributed by atoms with Gasteiger partial charge in [0.2, 0.25) is 0 Å². The van der Waals surface area contributed by atoms with Gasteiger partial charge in [0.15, 0.2) is 0 Å². The number of aliphatic carboxylic acids is 1.